The number of nitrogens with one attached hydrogen (secondary N) is 1. The van der Waals surface area contributed by atoms with E-state index in [1.807, 2.05) is 43.3 Å². The minimum Gasteiger partial charge on any atom is -0.326 e. The van der Waals surface area contributed by atoms with E-state index in [4.69, 9.17) is 11.6 Å². The first-order valence-corrected chi connectivity index (χ1v) is 8.29. The maximum atomic E-state index is 12.2. The van der Waals surface area contributed by atoms with E-state index in [0.29, 0.717) is 11.4 Å². The summed E-state index contributed by atoms with van der Waals surface area (Å²) in [5.41, 5.74) is 2.95. The Labute approximate surface area is 155 Å². The van der Waals surface area contributed by atoms with Gasteiger partial charge in [-0.2, -0.15) is 0 Å². The first-order chi connectivity index (χ1) is 11.1. The van der Waals surface area contributed by atoms with E-state index in [2.05, 4.69) is 29.3 Å². The van der Waals surface area contributed by atoms with E-state index >= 15 is 0 Å². The van der Waals surface area contributed by atoms with Crippen LogP contribution >= 0.6 is 24.0 Å². The number of amides is 1. The highest BCUT2D eigenvalue weighted by atomic mass is 35.5. The van der Waals surface area contributed by atoms with Crippen molar-refractivity contribution in [3.63, 3.8) is 0 Å². The Bertz CT molecular complexity index is 647. The zero-order valence-corrected chi connectivity index (χ0v) is 15.7. The Balaban J connectivity index is 0.00000288. The lowest BCUT2D eigenvalue weighted by Crippen LogP contribution is -2.27. The van der Waals surface area contributed by atoms with Crippen molar-refractivity contribution in [2.45, 2.75) is 26.8 Å². The predicted octanol–water partition coefficient (Wildman–Crippen LogP) is 4.92. The van der Waals surface area contributed by atoms with Crippen LogP contribution in [-0.4, -0.2) is 23.9 Å². The maximum absolute atomic E-state index is 12.2. The summed E-state index contributed by atoms with van der Waals surface area (Å²) in [5, 5.41) is 3.61. The van der Waals surface area contributed by atoms with E-state index < -0.39 is 0 Å². The molecule has 0 aromatic heterocycles. The largest absolute Gasteiger partial charge is 0.326 e. The molecule has 0 spiro atoms. The lowest BCUT2D eigenvalue weighted by atomic mass is 10.2. The summed E-state index contributed by atoms with van der Waals surface area (Å²) in [4.78, 5) is 14.4. The van der Waals surface area contributed by atoms with Crippen molar-refractivity contribution >= 4 is 35.6 Å². The summed E-state index contributed by atoms with van der Waals surface area (Å²) in [6.07, 6.45) is 0.465. The molecule has 130 valence electrons. The molecule has 0 radical (unpaired) electrons. The standard InChI is InChI=1S/C19H23ClN2O.ClH/c1-3-22(14-16-8-5-4-6-9-16)13-12-19(23)21-18-11-7-10-17(20)15(18)2;/h4-11H,3,12-14H2,1-2H3,(H,21,23);1H. The van der Waals surface area contributed by atoms with E-state index in [1.54, 1.807) is 0 Å². The normalized spacial score (nSPS) is 10.3. The summed E-state index contributed by atoms with van der Waals surface area (Å²) < 4.78 is 0. The van der Waals surface area contributed by atoms with Crippen LogP contribution in [0.3, 0.4) is 0 Å². The molecule has 24 heavy (non-hydrogen) atoms. The molecule has 0 aliphatic rings. The SMILES string of the molecule is CCN(CCC(=O)Nc1cccc(Cl)c1C)Cc1ccccc1.Cl. The molecule has 2 rings (SSSR count). The fraction of sp³-hybridized carbons (Fsp3) is 0.316. The van der Waals surface area contributed by atoms with Crippen LogP contribution in [0.5, 0.6) is 0 Å². The lowest BCUT2D eigenvalue weighted by Gasteiger charge is -2.20. The molecule has 0 unspecified atom stereocenters. The Morgan fingerprint density at radius 2 is 1.83 bits per heavy atom. The van der Waals surface area contributed by atoms with Crippen LogP contribution in [0.25, 0.3) is 0 Å². The van der Waals surface area contributed by atoms with Crippen molar-refractivity contribution in [3.05, 3.63) is 64.7 Å². The summed E-state index contributed by atoms with van der Waals surface area (Å²) in [7, 11) is 0. The Morgan fingerprint density at radius 1 is 1.12 bits per heavy atom. The Morgan fingerprint density at radius 3 is 2.50 bits per heavy atom. The van der Waals surface area contributed by atoms with Crippen molar-refractivity contribution < 1.29 is 4.79 Å². The smallest absolute Gasteiger partial charge is 0.225 e. The third kappa shape index (κ3) is 6.16. The summed E-state index contributed by atoms with van der Waals surface area (Å²) >= 11 is 6.08. The van der Waals surface area contributed by atoms with Crippen molar-refractivity contribution in [1.29, 1.82) is 0 Å². The number of hydrogen-bond donors (Lipinski definition) is 1. The van der Waals surface area contributed by atoms with Gasteiger partial charge in [0.05, 0.1) is 0 Å². The molecule has 0 aliphatic carbocycles. The van der Waals surface area contributed by atoms with Gasteiger partial charge in [0.2, 0.25) is 5.91 Å². The van der Waals surface area contributed by atoms with Crippen LogP contribution in [0, 0.1) is 6.92 Å². The minimum absolute atomic E-state index is 0. The number of benzene rings is 2. The molecule has 0 saturated heterocycles. The molecule has 2 aromatic rings. The van der Waals surface area contributed by atoms with Gasteiger partial charge in [-0.1, -0.05) is 54.9 Å². The highest BCUT2D eigenvalue weighted by Crippen LogP contribution is 2.23. The lowest BCUT2D eigenvalue weighted by molar-refractivity contribution is -0.116. The Kier molecular flexibility index (Phi) is 8.83. The maximum Gasteiger partial charge on any atom is 0.225 e. The average Bonchev–Trinajstić information content (AvgIpc) is 2.56. The van der Waals surface area contributed by atoms with Crippen LogP contribution in [0.2, 0.25) is 5.02 Å². The van der Waals surface area contributed by atoms with E-state index in [-0.39, 0.29) is 18.3 Å². The highest BCUT2D eigenvalue weighted by Gasteiger charge is 2.09. The molecule has 5 heteroatoms. The van der Waals surface area contributed by atoms with E-state index in [1.165, 1.54) is 5.56 Å². The first kappa shape index (κ1) is 20.5. The fourth-order valence-corrected chi connectivity index (χ4v) is 2.58. The third-order valence-electron chi connectivity index (χ3n) is 3.89. The van der Waals surface area contributed by atoms with Gasteiger partial charge >= 0.3 is 0 Å². The zero-order valence-electron chi connectivity index (χ0n) is 14.1. The molecule has 1 amide bonds. The molecule has 0 saturated carbocycles. The summed E-state index contributed by atoms with van der Waals surface area (Å²) in [6.45, 7) is 6.53. The second-order valence-corrected chi connectivity index (χ2v) is 5.97. The fourth-order valence-electron chi connectivity index (χ4n) is 2.41. The third-order valence-corrected chi connectivity index (χ3v) is 4.30. The topological polar surface area (TPSA) is 32.3 Å². The van der Waals surface area contributed by atoms with Gasteiger partial charge in [-0.3, -0.25) is 9.69 Å². The number of nitrogens with zero attached hydrogens (tertiary/aromatic N) is 1. The number of anilines is 1. The zero-order chi connectivity index (χ0) is 16.7. The molecule has 0 aliphatic heterocycles. The molecule has 3 nitrogen and oxygen atoms in total. The van der Waals surface area contributed by atoms with Gasteiger partial charge < -0.3 is 5.32 Å². The molecule has 1 N–H and O–H groups in total. The van der Waals surface area contributed by atoms with E-state index in [0.717, 1.165) is 30.9 Å². The minimum atomic E-state index is 0. The predicted molar refractivity (Wildman–Crippen MR) is 104 cm³/mol. The Hall–Kier alpha value is -1.55. The van der Waals surface area contributed by atoms with Crippen molar-refractivity contribution in [1.82, 2.24) is 4.90 Å². The monoisotopic (exact) mass is 366 g/mol. The van der Waals surface area contributed by atoms with Crippen molar-refractivity contribution in [2.75, 3.05) is 18.4 Å². The van der Waals surface area contributed by atoms with Gasteiger partial charge in [-0.05, 0) is 36.7 Å². The number of carbonyl (C=O) groups excluding carboxylic acids is 1. The number of rotatable bonds is 7. The van der Waals surface area contributed by atoms with Crippen LogP contribution in [0.1, 0.15) is 24.5 Å². The molecule has 0 bridgehead atoms. The van der Waals surface area contributed by atoms with Gasteiger partial charge in [-0.15, -0.1) is 12.4 Å². The van der Waals surface area contributed by atoms with Gasteiger partial charge in [0.25, 0.3) is 0 Å². The average molecular weight is 367 g/mol. The molecule has 0 fully saturated rings. The van der Waals surface area contributed by atoms with Gasteiger partial charge in [-0.25, -0.2) is 0 Å². The quantitative estimate of drug-likeness (QED) is 0.753. The van der Waals surface area contributed by atoms with Crippen LogP contribution in [0.15, 0.2) is 48.5 Å². The van der Waals surface area contributed by atoms with Gasteiger partial charge in [0, 0.05) is 30.2 Å². The second-order valence-electron chi connectivity index (χ2n) is 5.56. The summed E-state index contributed by atoms with van der Waals surface area (Å²) in [5.74, 6) is 0.0156. The highest BCUT2D eigenvalue weighted by molar-refractivity contribution is 6.31. The van der Waals surface area contributed by atoms with E-state index in [9.17, 15) is 4.79 Å². The number of hydrogen-bond acceptors (Lipinski definition) is 2. The van der Waals surface area contributed by atoms with Crippen LogP contribution in [-0.2, 0) is 11.3 Å². The van der Waals surface area contributed by atoms with Gasteiger partial charge in [0.15, 0.2) is 0 Å². The summed E-state index contributed by atoms with van der Waals surface area (Å²) in [6, 6.07) is 15.9. The number of halogens is 2. The second kappa shape index (κ2) is 10.3. The van der Waals surface area contributed by atoms with Crippen LogP contribution in [0.4, 0.5) is 5.69 Å². The molecular formula is C19H24Cl2N2O. The first-order valence-electron chi connectivity index (χ1n) is 7.91. The number of carbonyl (C=O) groups is 1. The molecule has 0 atom stereocenters. The van der Waals surface area contributed by atoms with Crippen molar-refractivity contribution in [2.24, 2.45) is 0 Å². The van der Waals surface area contributed by atoms with Gasteiger partial charge in [0.1, 0.15) is 0 Å². The molecule has 2 aromatic carbocycles. The van der Waals surface area contributed by atoms with Crippen molar-refractivity contribution in [3.8, 4) is 0 Å². The molecular weight excluding hydrogens is 343 g/mol. The molecule has 0 heterocycles. The van der Waals surface area contributed by atoms with Crippen LogP contribution < -0.4 is 5.32 Å².